The predicted octanol–water partition coefficient (Wildman–Crippen LogP) is 0.521. The molecular weight excluding hydrogens is 228 g/mol. The summed E-state index contributed by atoms with van der Waals surface area (Å²) in [7, 11) is 2.16. The summed E-state index contributed by atoms with van der Waals surface area (Å²) in [6, 6.07) is 0. The number of rotatable bonds is 2. The van der Waals surface area contributed by atoms with Crippen LogP contribution < -0.4 is 16.2 Å². The zero-order valence-corrected chi connectivity index (χ0v) is 11.4. The number of nitrogen functional groups attached to an aromatic ring is 1. The van der Waals surface area contributed by atoms with Crippen LogP contribution in [0, 0.1) is 13.8 Å². The van der Waals surface area contributed by atoms with E-state index in [2.05, 4.69) is 32.2 Å². The first-order chi connectivity index (χ1) is 8.61. The van der Waals surface area contributed by atoms with E-state index in [0.717, 1.165) is 55.6 Å². The van der Waals surface area contributed by atoms with Crippen molar-refractivity contribution in [2.24, 2.45) is 5.84 Å². The predicted molar refractivity (Wildman–Crippen MR) is 73.6 cm³/mol. The fraction of sp³-hybridized carbons (Fsp3) is 0.667. The summed E-state index contributed by atoms with van der Waals surface area (Å²) < 4.78 is 0. The van der Waals surface area contributed by atoms with Crippen LogP contribution in [0.4, 0.5) is 11.6 Å². The number of aryl methyl sites for hydroxylation is 1. The van der Waals surface area contributed by atoms with E-state index < -0.39 is 0 Å². The number of nitrogens with zero attached hydrogens (tertiary/aromatic N) is 4. The van der Waals surface area contributed by atoms with Crippen LogP contribution in [0.25, 0.3) is 0 Å². The Morgan fingerprint density at radius 3 is 2.61 bits per heavy atom. The molecule has 1 aliphatic heterocycles. The molecule has 1 saturated heterocycles. The van der Waals surface area contributed by atoms with Crippen molar-refractivity contribution >= 4 is 11.6 Å². The largest absolute Gasteiger partial charge is 0.355 e. The highest BCUT2D eigenvalue weighted by Gasteiger charge is 2.18. The van der Waals surface area contributed by atoms with Gasteiger partial charge in [0.25, 0.3) is 0 Å². The first-order valence-electron chi connectivity index (χ1n) is 6.37. The maximum Gasteiger partial charge on any atom is 0.148 e. The molecule has 0 amide bonds. The minimum atomic E-state index is 0.718. The summed E-state index contributed by atoms with van der Waals surface area (Å²) in [5.41, 5.74) is 3.67. The highest BCUT2D eigenvalue weighted by atomic mass is 15.3. The molecule has 1 aliphatic rings. The Balaban J connectivity index is 2.29. The second kappa shape index (κ2) is 5.49. The summed E-state index contributed by atoms with van der Waals surface area (Å²) in [5.74, 6) is 7.98. The minimum Gasteiger partial charge on any atom is -0.355 e. The van der Waals surface area contributed by atoms with E-state index >= 15 is 0 Å². The number of hydrogen-bond donors (Lipinski definition) is 2. The van der Waals surface area contributed by atoms with Crippen LogP contribution in [0.3, 0.4) is 0 Å². The lowest BCUT2D eigenvalue weighted by Gasteiger charge is -2.24. The minimum absolute atomic E-state index is 0.718. The molecular formula is C12H22N6. The molecule has 0 spiro atoms. The van der Waals surface area contributed by atoms with Crippen molar-refractivity contribution < 1.29 is 0 Å². The van der Waals surface area contributed by atoms with Crippen molar-refractivity contribution in [2.45, 2.75) is 20.3 Å². The summed E-state index contributed by atoms with van der Waals surface area (Å²) in [4.78, 5) is 13.6. The molecule has 2 rings (SSSR count). The third-order valence-electron chi connectivity index (χ3n) is 3.39. The van der Waals surface area contributed by atoms with E-state index in [1.54, 1.807) is 0 Å². The SMILES string of the molecule is Cc1nc(NN)c(C)c(N2CCCN(C)CC2)n1. The fourth-order valence-electron chi connectivity index (χ4n) is 2.32. The van der Waals surface area contributed by atoms with E-state index in [0.29, 0.717) is 0 Å². The van der Waals surface area contributed by atoms with E-state index in [-0.39, 0.29) is 0 Å². The number of anilines is 2. The van der Waals surface area contributed by atoms with Crippen molar-refractivity contribution in [2.75, 3.05) is 43.6 Å². The summed E-state index contributed by atoms with van der Waals surface area (Å²) >= 11 is 0. The molecule has 1 aromatic heterocycles. The number of aromatic nitrogens is 2. The van der Waals surface area contributed by atoms with Gasteiger partial charge in [-0.3, -0.25) is 0 Å². The average molecular weight is 250 g/mol. The van der Waals surface area contributed by atoms with Gasteiger partial charge in [0.1, 0.15) is 17.5 Å². The Morgan fingerprint density at radius 1 is 1.11 bits per heavy atom. The molecule has 0 aromatic carbocycles. The van der Waals surface area contributed by atoms with E-state index in [9.17, 15) is 0 Å². The molecule has 6 nitrogen and oxygen atoms in total. The van der Waals surface area contributed by atoms with Crippen molar-refractivity contribution in [3.63, 3.8) is 0 Å². The van der Waals surface area contributed by atoms with Crippen LogP contribution in [-0.2, 0) is 0 Å². The second-order valence-electron chi connectivity index (χ2n) is 4.86. The van der Waals surface area contributed by atoms with E-state index in [4.69, 9.17) is 5.84 Å². The van der Waals surface area contributed by atoms with Gasteiger partial charge in [-0.25, -0.2) is 15.8 Å². The molecule has 0 unspecified atom stereocenters. The molecule has 1 aromatic rings. The normalized spacial score (nSPS) is 17.7. The molecule has 6 heteroatoms. The summed E-state index contributed by atoms with van der Waals surface area (Å²) in [5, 5.41) is 0. The van der Waals surface area contributed by atoms with Gasteiger partial charge < -0.3 is 15.2 Å². The third-order valence-corrected chi connectivity index (χ3v) is 3.39. The molecule has 0 radical (unpaired) electrons. The Hall–Kier alpha value is -1.40. The Labute approximate surface area is 108 Å². The van der Waals surface area contributed by atoms with Gasteiger partial charge in [0, 0.05) is 25.2 Å². The van der Waals surface area contributed by atoms with Gasteiger partial charge in [-0.1, -0.05) is 0 Å². The lowest BCUT2D eigenvalue weighted by atomic mass is 10.2. The van der Waals surface area contributed by atoms with Crippen molar-refractivity contribution in [3.05, 3.63) is 11.4 Å². The molecule has 0 saturated carbocycles. The van der Waals surface area contributed by atoms with Crippen molar-refractivity contribution in [1.82, 2.24) is 14.9 Å². The first kappa shape index (κ1) is 13.0. The van der Waals surface area contributed by atoms with Crippen LogP contribution in [0.1, 0.15) is 17.8 Å². The van der Waals surface area contributed by atoms with Crippen molar-refractivity contribution in [1.29, 1.82) is 0 Å². The topological polar surface area (TPSA) is 70.3 Å². The molecule has 3 N–H and O–H groups in total. The van der Waals surface area contributed by atoms with Crippen molar-refractivity contribution in [3.8, 4) is 0 Å². The van der Waals surface area contributed by atoms with Gasteiger partial charge in [0.05, 0.1) is 0 Å². The van der Waals surface area contributed by atoms with Crippen LogP contribution in [0.2, 0.25) is 0 Å². The highest BCUT2D eigenvalue weighted by Crippen LogP contribution is 2.23. The van der Waals surface area contributed by atoms with Gasteiger partial charge in [-0.2, -0.15) is 0 Å². The standard InChI is InChI=1S/C12H22N6/c1-9-11(16-13)14-10(2)15-12(9)18-6-4-5-17(3)7-8-18/h4-8,13H2,1-3H3,(H,14,15,16). The zero-order chi connectivity index (χ0) is 13.1. The smallest absolute Gasteiger partial charge is 0.148 e. The van der Waals surface area contributed by atoms with E-state index in [1.807, 2.05) is 13.8 Å². The number of hydrogen-bond acceptors (Lipinski definition) is 6. The Bertz CT molecular complexity index is 419. The number of nitrogens with one attached hydrogen (secondary N) is 1. The molecule has 1 fully saturated rings. The Kier molecular flexibility index (Phi) is 3.98. The molecule has 0 atom stereocenters. The number of hydrazine groups is 1. The maximum atomic E-state index is 5.50. The summed E-state index contributed by atoms with van der Waals surface area (Å²) in [6.07, 6.45) is 1.16. The third kappa shape index (κ3) is 2.70. The lowest BCUT2D eigenvalue weighted by molar-refractivity contribution is 0.360. The van der Waals surface area contributed by atoms with Crippen LogP contribution in [-0.4, -0.2) is 48.1 Å². The van der Waals surface area contributed by atoms with Crippen LogP contribution in [0.15, 0.2) is 0 Å². The molecule has 18 heavy (non-hydrogen) atoms. The Morgan fingerprint density at radius 2 is 1.89 bits per heavy atom. The highest BCUT2D eigenvalue weighted by molar-refractivity contribution is 5.58. The molecule has 100 valence electrons. The van der Waals surface area contributed by atoms with E-state index in [1.165, 1.54) is 0 Å². The fourth-order valence-corrected chi connectivity index (χ4v) is 2.32. The lowest BCUT2D eigenvalue weighted by Crippen LogP contribution is -2.30. The zero-order valence-electron chi connectivity index (χ0n) is 11.4. The molecule has 0 bridgehead atoms. The van der Waals surface area contributed by atoms with Crippen LogP contribution in [0.5, 0.6) is 0 Å². The van der Waals surface area contributed by atoms with Crippen LogP contribution >= 0.6 is 0 Å². The van der Waals surface area contributed by atoms with Gasteiger partial charge in [0.2, 0.25) is 0 Å². The van der Waals surface area contributed by atoms with Gasteiger partial charge in [0.15, 0.2) is 0 Å². The quantitative estimate of drug-likeness (QED) is 0.589. The van der Waals surface area contributed by atoms with Gasteiger partial charge in [-0.15, -0.1) is 0 Å². The van der Waals surface area contributed by atoms with Gasteiger partial charge in [-0.05, 0) is 33.9 Å². The maximum absolute atomic E-state index is 5.50. The number of likely N-dealkylation sites (N-methyl/N-ethyl adjacent to an activating group) is 1. The summed E-state index contributed by atoms with van der Waals surface area (Å²) in [6.45, 7) is 8.14. The molecule has 2 heterocycles. The monoisotopic (exact) mass is 250 g/mol. The second-order valence-corrected chi connectivity index (χ2v) is 4.86. The van der Waals surface area contributed by atoms with Gasteiger partial charge >= 0.3 is 0 Å². The average Bonchev–Trinajstić information content (AvgIpc) is 2.56. The molecule has 0 aliphatic carbocycles. The number of nitrogens with two attached hydrogens (primary N) is 1. The first-order valence-corrected chi connectivity index (χ1v) is 6.37.